The van der Waals surface area contributed by atoms with E-state index >= 15 is 0 Å². The van der Waals surface area contributed by atoms with Crippen molar-refractivity contribution in [2.75, 3.05) is 0 Å². The first-order valence-corrected chi connectivity index (χ1v) is 29.6. The second-order valence-electron chi connectivity index (χ2n) is 22.0. The maximum absolute atomic E-state index is 5.14. The summed E-state index contributed by atoms with van der Waals surface area (Å²) in [7, 11) is 0. The van der Waals surface area contributed by atoms with Crippen molar-refractivity contribution in [3.05, 3.63) is 310 Å². The lowest BCUT2D eigenvalue weighted by Gasteiger charge is -2.11. The van der Waals surface area contributed by atoms with E-state index in [-0.39, 0.29) is 0 Å². The summed E-state index contributed by atoms with van der Waals surface area (Å²) in [4.78, 5) is 25.4. The fourth-order valence-corrected chi connectivity index (χ4v) is 13.2. The lowest BCUT2D eigenvalue weighted by molar-refractivity contribution is 0.953. The monoisotopic (exact) mass is 1130 g/mol. The molecule has 0 saturated carbocycles. The number of benzene rings is 11. The summed E-state index contributed by atoms with van der Waals surface area (Å²) in [5, 5.41) is 9.42. The standard InChI is InChI=1S/C44H28N6.C35H23N3/c1-4-15-29(16-5-1)41-46-42(30-17-6-2-7-18-30)48-44(47-41)50-38-25-13-11-22-35(38)40-33(23-14-26-39(40)50)31-27-36-34-21-10-12-24-37(34)49(43(36)45-28-31)32-19-8-3-9-20-32;1-3-12-24(13-4-1)37-32-20-10-8-17-28(32)35-27(18-11-21-33(35)37)30-22-29-26-16-7-9-19-31(26)38(34(29)23-36-30)25-14-5-2-6-15-25/h1-28H;1-23H. The largest absolute Gasteiger partial charge is 0.309 e. The van der Waals surface area contributed by atoms with Crippen LogP contribution >= 0.6 is 0 Å². The van der Waals surface area contributed by atoms with Gasteiger partial charge in [0.15, 0.2) is 11.6 Å². The molecule has 11 aromatic carbocycles. The molecule has 0 saturated heterocycles. The molecule has 18 rings (SSSR count). The minimum Gasteiger partial charge on any atom is -0.309 e. The SMILES string of the molecule is c1ccc(-c2nc(-c3ccccc3)nc(-n3c4ccccc4c4c(-c5cnc6c(c5)c5ccccc5n6-c5ccccc5)cccc43)n2)cc1.c1ccc(-n2c3ccccc3c3cc(-c4cccc5c4c4ccccc4n5-c4ccccc4)ncc32)cc1. The highest BCUT2D eigenvalue weighted by molar-refractivity contribution is 6.18. The fourth-order valence-electron chi connectivity index (χ4n) is 13.2. The molecule has 0 atom stereocenters. The van der Waals surface area contributed by atoms with Crippen molar-refractivity contribution < 1.29 is 0 Å². The van der Waals surface area contributed by atoms with E-state index < -0.39 is 0 Å². The van der Waals surface area contributed by atoms with E-state index in [0.717, 1.165) is 94.4 Å². The van der Waals surface area contributed by atoms with Gasteiger partial charge in [-0.15, -0.1) is 0 Å². The van der Waals surface area contributed by atoms with Crippen LogP contribution in [0.4, 0.5) is 0 Å². The van der Waals surface area contributed by atoms with Gasteiger partial charge in [0, 0.05) is 88.6 Å². The molecular formula is C79H51N9. The van der Waals surface area contributed by atoms with Crippen LogP contribution in [-0.4, -0.2) is 43.2 Å². The predicted octanol–water partition coefficient (Wildman–Crippen LogP) is 19.4. The third-order valence-electron chi connectivity index (χ3n) is 17.0. The molecule has 18 aromatic rings. The lowest BCUT2D eigenvalue weighted by atomic mass is 10.00. The molecule has 88 heavy (non-hydrogen) atoms. The average Bonchev–Trinajstić information content (AvgIpc) is 1.91. The first kappa shape index (κ1) is 50.4. The van der Waals surface area contributed by atoms with Gasteiger partial charge in [-0.2, -0.15) is 9.97 Å². The minimum atomic E-state index is 0.570. The summed E-state index contributed by atoms with van der Waals surface area (Å²) in [6.07, 6.45) is 4.04. The number of nitrogens with zero attached hydrogens (tertiary/aromatic N) is 9. The van der Waals surface area contributed by atoms with Crippen molar-refractivity contribution in [1.29, 1.82) is 0 Å². The molecule has 0 bridgehead atoms. The van der Waals surface area contributed by atoms with E-state index in [2.05, 4.69) is 249 Å². The van der Waals surface area contributed by atoms with Crippen molar-refractivity contribution in [2.24, 2.45) is 0 Å². The Bertz CT molecular complexity index is 5610. The van der Waals surface area contributed by atoms with Gasteiger partial charge in [0.2, 0.25) is 5.95 Å². The van der Waals surface area contributed by atoms with Crippen molar-refractivity contribution in [1.82, 2.24) is 43.2 Å². The minimum absolute atomic E-state index is 0.570. The summed E-state index contributed by atoms with van der Waals surface area (Å²) in [5.41, 5.74) is 18.3. The topological polar surface area (TPSA) is 84.2 Å². The molecule has 9 heteroatoms. The van der Waals surface area contributed by atoms with Crippen LogP contribution in [0.2, 0.25) is 0 Å². The summed E-state index contributed by atoms with van der Waals surface area (Å²) >= 11 is 0. The molecule has 0 unspecified atom stereocenters. The third kappa shape index (κ3) is 8.28. The van der Waals surface area contributed by atoms with Crippen LogP contribution in [-0.2, 0) is 0 Å². The Balaban J connectivity index is 0.000000142. The van der Waals surface area contributed by atoms with Crippen LogP contribution in [0.25, 0.3) is 156 Å². The van der Waals surface area contributed by atoms with E-state index in [0.29, 0.717) is 17.6 Å². The number of fused-ring (bicyclic) bond motifs is 12. The molecule has 0 radical (unpaired) electrons. The van der Waals surface area contributed by atoms with Crippen LogP contribution < -0.4 is 0 Å². The number of hydrogen-bond acceptors (Lipinski definition) is 5. The van der Waals surface area contributed by atoms with Crippen molar-refractivity contribution in [3.8, 4) is 68.2 Å². The summed E-state index contributed by atoms with van der Waals surface area (Å²) in [6, 6.07) is 104. The van der Waals surface area contributed by atoms with Crippen molar-refractivity contribution in [3.63, 3.8) is 0 Å². The molecule has 7 heterocycles. The molecule has 0 amide bonds. The third-order valence-corrected chi connectivity index (χ3v) is 17.0. The van der Waals surface area contributed by atoms with Gasteiger partial charge in [-0.25, -0.2) is 9.97 Å². The van der Waals surface area contributed by atoms with Crippen LogP contribution in [0.1, 0.15) is 0 Å². The molecule has 0 spiro atoms. The van der Waals surface area contributed by atoms with Gasteiger partial charge >= 0.3 is 0 Å². The molecule has 412 valence electrons. The second kappa shape index (κ2) is 20.9. The van der Waals surface area contributed by atoms with Crippen LogP contribution in [0, 0.1) is 0 Å². The molecule has 0 aliphatic heterocycles. The van der Waals surface area contributed by atoms with Crippen LogP contribution in [0.3, 0.4) is 0 Å². The fraction of sp³-hybridized carbons (Fsp3) is 0. The maximum Gasteiger partial charge on any atom is 0.238 e. The zero-order valence-electron chi connectivity index (χ0n) is 47.5. The molecule has 0 fully saturated rings. The van der Waals surface area contributed by atoms with E-state index in [1.807, 2.05) is 79.1 Å². The van der Waals surface area contributed by atoms with E-state index in [1.165, 1.54) is 43.5 Å². The van der Waals surface area contributed by atoms with Gasteiger partial charge in [0.25, 0.3) is 0 Å². The first-order valence-electron chi connectivity index (χ1n) is 29.6. The highest BCUT2D eigenvalue weighted by Gasteiger charge is 2.23. The summed E-state index contributed by atoms with van der Waals surface area (Å²) < 4.78 is 9.08. The van der Waals surface area contributed by atoms with Gasteiger partial charge in [0.1, 0.15) is 5.65 Å². The lowest BCUT2D eigenvalue weighted by Crippen LogP contribution is -2.06. The van der Waals surface area contributed by atoms with Gasteiger partial charge in [-0.1, -0.05) is 212 Å². The Morgan fingerprint density at radius 2 is 0.648 bits per heavy atom. The van der Waals surface area contributed by atoms with E-state index in [4.69, 9.17) is 24.9 Å². The maximum atomic E-state index is 5.14. The number of aromatic nitrogens is 9. The van der Waals surface area contributed by atoms with Gasteiger partial charge in [0.05, 0.1) is 50.5 Å². The Kier molecular flexibility index (Phi) is 12.0. The zero-order chi connectivity index (χ0) is 58.1. The van der Waals surface area contributed by atoms with E-state index in [1.54, 1.807) is 0 Å². The van der Waals surface area contributed by atoms with Gasteiger partial charge < -0.3 is 9.13 Å². The van der Waals surface area contributed by atoms with Gasteiger partial charge in [-0.3, -0.25) is 14.1 Å². The highest BCUT2D eigenvalue weighted by atomic mass is 15.2. The molecular weight excluding hydrogens is 1070 g/mol. The summed E-state index contributed by atoms with van der Waals surface area (Å²) in [6.45, 7) is 0. The van der Waals surface area contributed by atoms with Crippen LogP contribution in [0.15, 0.2) is 310 Å². The highest BCUT2D eigenvalue weighted by Crippen LogP contribution is 2.43. The summed E-state index contributed by atoms with van der Waals surface area (Å²) in [5.74, 6) is 1.82. The van der Waals surface area contributed by atoms with E-state index in [9.17, 15) is 0 Å². The second-order valence-corrected chi connectivity index (χ2v) is 22.0. The smallest absolute Gasteiger partial charge is 0.238 e. The number of para-hydroxylation sites is 7. The Morgan fingerprint density at radius 3 is 1.22 bits per heavy atom. The average molecular weight is 1130 g/mol. The molecule has 0 N–H and O–H groups in total. The Hall–Kier alpha value is -12.1. The van der Waals surface area contributed by atoms with Gasteiger partial charge in [-0.05, 0) is 90.5 Å². The molecule has 7 aromatic heterocycles. The zero-order valence-corrected chi connectivity index (χ0v) is 47.5. The quantitative estimate of drug-likeness (QED) is 0.151. The molecule has 0 aliphatic rings. The molecule has 0 aliphatic carbocycles. The number of hydrogen-bond donors (Lipinski definition) is 0. The Morgan fingerprint density at radius 1 is 0.239 bits per heavy atom. The van der Waals surface area contributed by atoms with Crippen molar-refractivity contribution in [2.45, 2.75) is 0 Å². The van der Waals surface area contributed by atoms with Crippen molar-refractivity contribution >= 4 is 87.4 Å². The first-order chi connectivity index (χ1) is 43.7. The normalized spacial score (nSPS) is 11.6. The predicted molar refractivity (Wildman–Crippen MR) is 361 cm³/mol. The Labute approximate surface area is 505 Å². The van der Waals surface area contributed by atoms with Crippen LogP contribution in [0.5, 0.6) is 0 Å². The number of pyridine rings is 2. The number of rotatable bonds is 8. The molecule has 9 nitrogen and oxygen atoms in total.